The molecule has 1 spiro atoms. The number of carbonyl (C=O) groups is 2. The van der Waals surface area contributed by atoms with Gasteiger partial charge in [-0.2, -0.15) is 5.01 Å². The number of carbonyl (C=O) groups excluding carboxylic acids is 2. The van der Waals surface area contributed by atoms with E-state index in [0.717, 1.165) is 37.2 Å². The molecule has 2 heterocycles. The van der Waals surface area contributed by atoms with Gasteiger partial charge < -0.3 is 5.11 Å². The minimum absolute atomic E-state index is 0. The van der Waals surface area contributed by atoms with Gasteiger partial charge in [-0.1, -0.05) is 71.1 Å². The number of hydrogen-bond donors (Lipinski definition) is 0. The smallest absolute Gasteiger partial charge is 0.877 e. The Morgan fingerprint density at radius 3 is 2.20 bits per heavy atom. The molecule has 2 amide bonds. The largest absolute Gasteiger partial charge is 1.00 e. The second-order valence-corrected chi connectivity index (χ2v) is 10.6. The summed E-state index contributed by atoms with van der Waals surface area (Å²) in [5, 5.41) is 13.3. The molecule has 2 aliphatic rings. The molecule has 0 aliphatic carbocycles. The second kappa shape index (κ2) is 14.5. The Morgan fingerprint density at radius 2 is 1.70 bits per heavy atom. The quantitative estimate of drug-likeness (QED) is 0.0970. The molecule has 30 heavy (non-hydrogen) atoms. The van der Waals surface area contributed by atoms with E-state index in [-0.39, 0.29) is 62.3 Å². The van der Waals surface area contributed by atoms with E-state index >= 15 is 0 Å². The minimum atomic E-state index is -0.353. The number of thioether (sulfide) groups is 2. The fourth-order valence-corrected chi connectivity index (χ4v) is 6.92. The third kappa shape index (κ3) is 6.22. The van der Waals surface area contributed by atoms with Crippen LogP contribution in [0, 0.1) is 0 Å². The summed E-state index contributed by atoms with van der Waals surface area (Å²) >= 11 is 3.59. The monoisotopic (exact) mass is 465 g/mol. The van der Waals surface area contributed by atoms with Crippen LogP contribution in [0.15, 0.2) is 11.8 Å². The van der Waals surface area contributed by atoms with E-state index in [1.807, 2.05) is 11.8 Å². The summed E-state index contributed by atoms with van der Waals surface area (Å²) < 4.78 is 0.0613. The first-order valence-corrected chi connectivity index (χ1v) is 13.5. The number of amides is 2. The zero-order chi connectivity index (χ0) is 21.3. The number of hydrogen-bond acceptors (Lipinski definition) is 5. The predicted molar refractivity (Wildman–Crippen MR) is 121 cm³/mol. The van der Waals surface area contributed by atoms with Gasteiger partial charge in [0.2, 0.25) is 0 Å². The van der Waals surface area contributed by atoms with Gasteiger partial charge in [0.1, 0.15) is 17.5 Å². The Hall–Kier alpha value is 0.340. The van der Waals surface area contributed by atoms with Crippen LogP contribution in [0.5, 0.6) is 0 Å². The van der Waals surface area contributed by atoms with Crippen molar-refractivity contribution < 1.29 is 48.8 Å². The van der Waals surface area contributed by atoms with E-state index in [1.54, 1.807) is 16.8 Å². The molecule has 0 bridgehead atoms. The van der Waals surface area contributed by atoms with Crippen LogP contribution in [-0.4, -0.2) is 50.2 Å². The second-order valence-electron chi connectivity index (χ2n) is 8.01. The summed E-state index contributed by atoms with van der Waals surface area (Å²) in [6.07, 6.45) is 11.8. The summed E-state index contributed by atoms with van der Waals surface area (Å²) in [7, 11) is 0. The first kappa shape index (κ1) is 28.4. The van der Waals surface area contributed by atoms with Gasteiger partial charge >= 0.3 is 41.4 Å². The van der Waals surface area contributed by atoms with Gasteiger partial charge in [0.25, 0.3) is 0 Å². The molecule has 0 radical (unpaired) electrons. The maximum absolute atomic E-state index is 13.2. The van der Waals surface area contributed by atoms with Crippen molar-refractivity contribution in [3.05, 3.63) is 11.8 Å². The van der Waals surface area contributed by atoms with E-state index in [4.69, 9.17) is 0 Å². The van der Waals surface area contributed by atoms with E-state index in [9.17, 15) is 14.7 Å². The number of rotatable bonds is 14. The Kier molecular flexibility index (Phi) is 13.7. The van der Waals surface area contributed by atoms with Crippen molar-refractivity contribution in [2.24, 2.45) is 0 Å². The number of unbranched alkanes of at least 4 members (excludes halogenated alkanes) is 6. The molecular weight excluding hydrogens is 427 g/mol. The summed E-state index contributed by atoms with van der Waals surface area (Å²) in [6, 6.07) is 0. The van der Waals surface area contributed by atoms with Crippen molar-refractivity contribution in [2.75, 3.05) is 18.1 Å². The van der Waals surface area contributed by atoms with E-state index < -0.39 is 0 Å². The Morgan fingerprint density at radius 1 is 1.07 bits per heavy atom. The van der Waals surface area contributed by atoms with Gasteiger partial charge in [0, 0.05) is 0 Å². The van der Waals surface area contributed by atoms with Crippen molar-refractivity contribution >= 4 is 35.3 Å². The molecule has 0 saturated carbocycles. The van der Waals surface area contributed by atoms with E-state index in [1.165, 1.54) is 38.5 Å². The van der Waals surface area contributed by atoms with Crippen molar-refractivity contribution in [2.45, 2.75) is 95.7 Å². The maximum Gasteiger partial charge on any atom is 1.00 e. The normalized spacial score (nSPS) is 25.6. The van der Waals surface area contributed by atoms with Crippen molar-refractivity contribution in [3.8, 4) is 0 Å². The zero-order valence-corrected chi connectivity index (χ0v) is 23.0. The van der Waals surface area contributed by atoms with Crippen LogP contribution in [-0.2, 0) is 9.59 Å². The minimum Gasteiger partial charge on any atom is -0.877 e. The third-order valence-corrected chi connectivity index (χ3v) is 8.89. The standard InChI is InChI=1S/C22H38N2O3S2.Na/c1-4-7-9-11-15-28-19(6-3)23-21(26)18(17-25)22(27)24(23)14-13-20(24)29-16-12-10-8-5-2;/h17,19-20H,4-16H2,1-3H3;/q;+1. The Labute approximate surface area is 213 Å². The van der Waals surface area contributed by atoms with Crippen LogP contribution in [0.4, 0.5) is 0 Å². The Balaban J connectivity index is 0.00000450. The van der Waals surface area contributed by atoms with Crippen LogP contribution in [0.2, 0.25) is 0 Å². The molecule has 2 rings (SSSR count). The van der Waals surface area contributed by atoms with E-state index in [0.29, 0.717) is 12.8 Å². The van der Waals surface area contributed by atoms with Crippen LogP contribution in [0.25, 0.3) is 0 Å². The predicted octanol–water partition coefficient (Wildman–Crippen LogP) is 1.43. The molecule has 2 aliphatic heterocycles. The first-order valence-electron chi connectivity index (χ1n) is 11.4. The average molecular weight is 466 g/mol. The van der Waals surface area contributed by atoms with Gasteiger partial charge in [-0.05, 0) is 30.8 Å². The van der Waals surface area contributed by atoms with Crippen LogP contribution in [0.1, 0.15) is 85.0 Å². The van der Waals surface area contributed by atoms with Crippen LogP contribution in [0.3, 0.4) is 0 Å². The summed E-state index contributed by atoms with van der Waals surface area (Å²) in [4.78, 5) is 26.2. The number of nitrogens with zero attached hydrogens (tertiary/aromatic N) is 2. The molecular formula is C22H38N2NaO3S2+. The van der Waals surface area contributed by atoms with Gasteiger partial charge in [-0.25, -0.2) is 4.79 Å². The SMILES string of the molecule is CCCCCCSC(CC)N1C(=O)/C(=C\[O-])C(=O)[N+]12CCC2SCCCCCC.[Na+]. The fraction of sp³-hybridized carbons (Fsp3) is 0.818. The molecule has 5 nitrogen and oxygen atoms in total. The summed E-state index contributed by atoms with van der Waals surface area (Å²) in [6.45, 7) is 7.11. The maximum atomic E-state index is 13.2. The van der Waals surface area contributed by atoms with E-state index in [2.05, 4.69) is 20.8 Å². The molecule has 0 aromatic rings. The molecule has 0 aromatic heterocycles. The first-order chi connectivity index (χ1) is 14.1. The molecule has 8 heteroatoms. The van der Waals surface area contributed by atoms with Crippen molar-refractivity contribution in [3.63, 3.8) is 0 Å². The molecule has 2 saturated heterocycles. The molecule has 0 N–H and O–H groups in total. The van der Waals surface area contributed by atoms with Crippen LogP contribution < -0.4 is 34.7 Å². The molecule has 0 aromatic carbocycles. The summed E-state index contributed by atoms with van der Waals surface area (Å²) in [5.41, 5.74) is -0.147. The van der Waals surface area contributed by atoms with Crippen molar-refractivity contribution in [1.29, 1.82) is 0 Å². The molecule has 2 fully saturated rings. The average Bonchev–Trinajstić information content (AvgIpc) is 2.94. The third-order valence-electron chi connectivity index (χ3n) is 5.95. The van der Waals surface area contributed by atoms with Gasteiger partial charge in [-0.15, -0.1) is 22.6 Å². The zero-order valence-electron chi connectivity index (χ0n) is 19.4. The van der Waals surface area contributed by atoms with Crippen LogP contribution >= 0.6 is 23.5 Å². The van der Waals surface area contributed by atoms with Gasteiger partial charge in [-0.3, -0.25) is 4.79 Å². The summed E-state index contributed by atoms with van der Waals surface area (Å²) in [5.74, 6) is 1.38. The molecule has 3 atom stereocenters. The van der Waals surface area contributed by atoms with Crippen molar-refractivity contribution in [1.82, 2.24) is 5.01 Å². The topological polar surface area (TPSA) is 60.4 Å². The Bertz CT molecular complexity index is 591. The molecule has 3 unspecified atom stereocenters. The number of quaternary nitrogens is 1. The van der Waals surface area contributed by atoms with Gasteiger partial charge in [0.15, 0.2) is 5.37 Å². The fourth-order valence-electron chi connectivity index (χ4n) is 4.17. The molecule has 166 valence electrons. The van der Waals surface area contributed by atoms with Gasteiger partial charge in [0.05, 0.1) is 6.42 Å².